The Kier molecular flexibility index (Phi) is 6.66. The van der Waals surface area contributed by atoms with Crippen molar-refractivity contribution in [2.45, 2.75) is 12.8 Å². The van der Waals surface area contributed by atoms with Crippen molar-refractivity contribution in [3.8, 4) is 11.5 Å². The van der Waals surface area contributed by atoms with Crippen molar-refractivity contribution >= 4 is 21.8 Å². The van der Waals surface area contributed by atoms with E-state index in [0.717, 1.165) is 6.42 Å². The average Bonchev–Trinajstić information content (AvgIpc) is 2.43. The summed E-state index contributed by atoms with van der Waals surface area (Å²) in [7, 11) is 3.06. The second kappa shape index (κ2) is 8.01. The van der Waals surface area contributed by atoms with Gasteiger partial charge < -0.3 is 19.9 Å². The largest absolute Gasteiger partial charge is 0.495 e. The summed E-state index contributed by atoms with van der Waals surface area (Å²) >= 11 is 3.35. The Morgan fingerprint density at radius 3 is 2.32 bits per heavy atom. The number of unbranched alkanes of at least 4 members (excludes halogenated alkanes) is 1. The van der Waals surface area contributed by atoms with Gasteiger partial charge in [0.05, 0.1) is 14.2 Å². The van der Waals surface area contributed by atoms with Gasteiger partial charge >= 0.3 is 0 Å². The van der Waals surface area contributed by atoms with Crippen LogP contribution in [-0.4, -0.2) is 38.4 Å². The molecule has 106 valence electrons. The van der Waals surface area contributed by atoms with E-state index < -0.39 is 0 Å². The third-order valence-corrected chi connectivity index (χ3v) is 3.36. The lowest BCUT2D eigenvalue weighted by Gasteiger charge is -2.11. The number of carbonyl (C=O) groups excluding carboxylic acids is 1. The summed E-state index contributed by atoms with van der Waals surface area (Å²) in [5, 5.41) is 11.4. The minimum atomic E-state index is -0.193. The maximum Gasteiger partial charge on any atom is 0.251 e. The Morgan fingerprint density at radius 1 is 1.26 bits per heavy atom. The molecule has 1 aromatic carbocycles. The summed E-state index contributed by atoms with van der Waals surface area (Å²) in [4.78, 5) is 12.0. The van der Waals surface area contributed by atoms with Crippen LogP contribution in [0.3, 0.4) is 0 Å². The van der Waals surface area contributed by atoms with Crippen LogP contribution in [0, 0.1) is 0 Å². The Labute approximate surface area is 121 Å². The molecular formula is C13H18BrNO4. The Hall–Kier alpha value is -1.27. The van der Waals surface area contributed by atoms with Gasteiger partial charge in [-0.05, 0) is 40.9 Å². The molecule has 0 fully saturated rings. The first-order chi connectivity index (χ1) is 9.13. The van der Waals surface area contributed by atoms with E-state index in [4.69, 9.17) is 14.6 Å². The number of ether oxygens (including phenoxy) is 2. The highest BCUT2D eigenvalue weighted by atomic mass is 79.9. The molecule has 0 saturated heterocycles. The molecule has 1 aromatic rings. The Bertz CT molecular complexity index is 412. The molecule has 0 unspecified atom stereocenters. The van der Waals surface area contributed by atoms with Crippen molar-refractivity contribution in [3.05, 3.63) is 22.2 Å². The van der Waals surface area contributed by atoms with Gasteiger partial charge in [0.2, 0.25) is 0 Å². The van der Waals surface area contributed by atoms with E-state index in [1.165, 1.54) is 14.2 Å². The van der Waals surface area contributed by atoms with E-state index in [1.54, 1.807) is 12.1 Å². The minimum absolute atomic E-state index is 0.135. The topological polar surface area (TPSA) is 67.8 Å². The number of amides is 1. The van der Waals surface area contributed by atoms with Crippen molar-refractivity contribution < 1.29 is 19.4 Å². The number of aliphatic hydroxyl groups is 1. The molecule has 5 nitrogen and oxygen atoms in total. The molecule has 1 rings (SSSR count). The third kappa shape index (κ3) is 4.40. The standard InChI is InChI=1S/C13H18BrNO4/c1-18-10-7-9(8-11(19-2)12(10)14)13(17)15-5-3-4-6-16/h7-8,16H,3-6H2,1-2H3,(H,15,17). The molecule has 0 aliphatic carbocycles. The average molecular weight is 332 g/mol. The van der Waals surface area contributed by atoms with Gasteiger partial charge in [0.25, 0.3) is 5.91 Å². The second-order valence-electron chi connectivity index (χ2n) is 3.88. The van der Waals surface area contributed by atoms with Gasteiger partial charge in [-0.3, -0.25) is 4.79 Å². The summed E-state index contributed by atoms with van der Waals surface area (Å²) in [6.07, 6.45) is 1.42. The summed E-state index contributed by atoms with van der Waals surface area (Å²) in [5.41, 5.74) is 0.473. The highest BCUT2D eigenvalue weighted by Crippen LogP contribution is 2.35. The quantitative estimate of drug-likeness (QED) is 0.749. The molecule has 0 saturated carbocycles. The summed E-state index contributed by atoms with van der Waals surface area (Å²) < 4.78 is 11.0. The smallest absolute Gasteiger partial charge is 0.251 e. The van der Waals surface area contributed by atoms with E-state index in [0.29, 0.717) is 34.5 Å². The monoisotopic (exact) mass is 331 g/mol. The predicted molar refractivity (Wildman–Crippen MR) is 75.9 cm³/mol. The molecule has 6 heteroatoms. The molecule has 0 heterocycles. The van der Waals surface area contributed by atoms with Crippen LogP contribution in [0.1, 0.15) is 23.2 Å². The van der Waals surface area contributed by atoms with Gasteiger partial charge in [-0.2, -0.15) is 0 Å². The van der Waals surface area contributed by atoms with Gasteiger partial charge in [0, 0.05) is 18.7 Å². The van der Waals surface area contributed by atoms with Crippen LogP contribution in [0.5, 0.6) is 11.5 Å². The van der Waals surface area contributed by atoms with Crippen LogP contribution < -0.4 is 14.8 Å². The summed E-state index contributed by atoms with van der Waals surface area (Å²) in [6, 6.07) is 3.29. The molecule has 1 amide bonds. The Balaban J connectivity index is 2.79. The zero-order valence-electron chi connectivity index (χ0n) is 11.0. The lowest BCUT2D eigenvalue weighted by Crippen LogP contribution is -2.24. The normalized spacial score (nSPS) is 10.1. The van der Waals surface area contributed by atoms with Crippen molar-refractivity contribution in [1.82, 2.24) is 5.32 Å². The molecule has 0 aliphatic heterocycles. The highest BCUT2D eigenvalue weighted by Gasteiger charge is 2.14. The molecule has 0 spiro atoms. The molecule has 0 bridgehead atoms. The van der Waals surface area contributed by atoms with Gasteiger partial charge in [-0.1, -0.05) is 0 Å². The third-order valence-electron chi connectivity index (χ3n) is 2.58. The molecule has 2 N–H and O–H groups in total. The predicted octanol–water partition coefficient (Wildman–Crippen LogP) is 1.97. The number of hydrogen-bond acceptors (Lipinski definition) is 4. The number of benzene rings is 1. The zero-order chi connectivity index (χ0) is 14.3. The highest BCUT2D eigenvalue weighted by molar-refractivity contribution is 9.10. The maximum absolute atomic E-state index is 12.0. The van der Waals surface area contributed by atoms with Crippen molar-refractivity contribution in [2.24, 2.45) is 0 Å². The number of hydrogen-bond donors (Lipinski definition) is 2. The van der Waals surface area contributed by atoms with Crippen molar-refractivity contribution in [3.63, 3.8) is 0 Å². The SMILES string of the molecule is COc1cc(C(=O)NCCCCO)cc(OC)c1Br. The molecule has 0 radical (unpaired) electrons. The first kappa shape index (κ1) is 15.8. The van der Waals surface area contributed by atoms with E-state index in [-0.39, 0.29) is 12.5 Å². The van der Waals surface area contributed by atoms with E-state index in [1.807, 2.05) is 0 Å². The molecule has 0 aliphatic rings. The lowest BCUT2D eigenvalue weighted by atomic mass is 10.2. The number of rotatable bonds is 7. The Morgan fingerprint density at radius 2 is 1.84 bits per heavy atom. The minimum Gasteiger partial charge on any atom is -0.495 e. The molecular weight excluding hydrogens is 314 g/mol. The van der Waals surface area contributed by atoms with E-state index in [2.05, 4.69) is 21.2 Å². The van der Waals surface area contributed by atoms with Crippen molar-refractivity contribution in [2.75, 3.05) is 27.4 Å². The van der Waals surface area contributed by atoms with Gasteiger partial charge in [0.15, 0.2) is 0 Å². The number of methoxy groups -OCH3 is 2. The number of nitrogens with one attached hydrogen (secondary N) is 1. The fourth-order valence-electron chi connectivity index (χ4n) is 1.54. The fourth-order valence-corrected chi connectivity index (χ4v) is 2.09. The molecule has 0 aromatic heterocycles. The van der Waals surface area contributed by atoms with Crippen molar-refractivity contribution in [1.29, 1.82) is 0 Å². The first-order valence-electron chi connectivity index (χ1n) is 5.94. The van der Waals surface area contributed by atoms with Crippen LogP contribution in [0.15, 0.2) is 16.6 Å². The van der Waals surface area contributed by atoms with Gasteiger partial charge in [-0.15, -0.1) is 0 Å². The van der Waals surface area contributed by atoms with Crippen LogP contribution in [-0.2, 0) is 0 Å². The van der Waals surface area contributed by atoms with E-state index >= 15 is 0 Å². The van der Waals surface area contributed by atoms with Crippen LogP contribution in [0.2, 0.25) is 0 Å². The lowest BCUT2D eigenvalue weighted by molar-refractivity contribution is 0.0951. The number of aliphatic hydroxyl groups excluding tert-OH is 1. The second-order valence-corrected chi connectivity index (χ2v) is 4.67. The molecule has 0 atom stereocenters. The first-order valence-corrected chi connectivity index (χ1v) is 6.74. The van der Waals surface area contributed by atoms with Crippen LogP contribution in [0.25, 0.3) is 0 Å². The van der Waals surface area contributed by atoms with Crippen LogP contribution >= 0.6 is 15.9 Å². The van der Waals surface area contributed by atoms with Crippen LogP contribution in [0.4, 0.5) is 0 Å². The maximum atomic E-state index is 12.0. The molecule has 19 heavy (non-hydrogen) atoms. The summed E-state index contributed by atoms with van der Waals surface area (Å²) in [6.45, 7) is 0.663. The number of halogens is 1. The fraction of sp³-hybridized carbons (Fsp3) is 0.462. The van der Waals surface area contributed by atoms with Gasteiger partial charge in [-0.25, -0.2) is 0 Å². The zero-order valence-corrected chi connectivity index (χ0v) is 12.6. The van der Waals surface area contributed by atoms with Gasteiger partial charge in [0.1, 0.15) is 16.0 Å². The summed E-state index contributed by atoms with van der Waals surface area (Å²) in [5.74, 6) is 0.891. The van der Waals surface area contributed by atoms with E-state index in [9.17, 15) is 4.79 Å². The number of carbonyl (C=O) groups is 1.